The van der Waals surface area contributed by atoms with Crippen LogP contribution in [-0.2, 0) is 16.6 Å². The Balaban J connectivity index is 2.02. The van der Waals surface area contributed by atoms with Crippen molar-refractivity contribution < 1.29 is 17.6 Å². The van der Waals surface area contributed by atoms with Crippen LogP contribution in [0.25, 0.3) is 0 Å². The van der Waals surface area contributed by atoms with E-state index in [1.54, 1.807) is 18.3 Å². The van der Waals surface area contributed by atoms with E-state index >= 15 is 0 Å². The van der Waals surface area contributed by atoms with Crippen LogP contribution in [0, 0.1) is 0 Å². The number of aromatic nitrogens is 1. The van der Waals surface area contributed by atoms with E-state index in [9.17, 15) is 8.42 Å². The molecule has 0 N–H and O–H groups in total. The zero-order valence-corrected chi connectivity index (χ0v) is 13.9. The van der Waals surface area contributed by atoms with Gasteiger partial charge in [-0.15, -0.1) is 0 Å². The molecule has 0 saturated carbocycles. The number of hydrogen-bond donors (Lipinski definition) is 0. The third kappa shape index (κ3) is 3.66. The predicted octanol–water partition coefficient (Wildman–Crippen LogP) is 2.63. The maximum Gasteiger partial charge on any atom is 0.242 e. The molecule has 0 fully saturated rings. The summed E-state index contributed by atoms with van der Waals surface area (Å²) in [6, 6.07) is 6.25. The van der Waals surface area contributed by atoms with Crippen LogP contribution >= 0.6 is 0 Å². The fourth-order valence-corrected chi connectivity index (χ4v) is 2.62. The molecular weight excluding hydrogens is 304 g/mol. The molecule has 0 saturated heterocycles. The van der Waals surface area contributed by atoms with Crippen molar-refractivity contribution in [3.05, 3.63) is 42.1 Å². The lowest BCUT2D eigenvalue weighted by molar-refractivity contribution is 0.257. The molecule has 2 aromatic rings. The molecule has 22 heavy (non-hydrogen) atoms. The van der Waals surface area contributed by atoms with Crippen molar-refractivity contribution in [3.63, 3.8) is 0 Å². The average Bonchev–Trinajstić information content (AvgIpc) is 2.94. The molecule has 0 aliphatic carbocycles. The standard InChI is InChI=1S/C15H20N2O4S/c1-11(2)14-9-16-15(21-14)10-20-12-5-7-13(8-6-12)22(18,19)17(3)4/h5-9,11H,10H2,1-4H3. The maximum absolute atomic E-state index is 11.9. The molecule has 0 atom stereocenters. The molecule has 2 rings (SSSR count). The number of rotatable bonds is 6. The molecule has 1 heterocycles. The van der Waals surface area contributed by atoms with Crippen LogP contribution in [0.4, 0.5) is 0 Å². The van der Waals surface area contributed by atoms with Crippen LogP contribution in [0.1, 0.15) is 31.4 Å². The Bertz CT molecular complexity index is 718. The van der Waals surface area contributed by atoms with Gasteiger partial charge in [0, 0.05) is 20.0 Å². The summed E-state index contributed by atoms with van der Waals surface area (Å²) in [7, 11) is -0.431. The number of oxazole rings is 1. The minimum absolute atomic E-state index is 0.201. The topological polar surface area (TPSA) is 72.6 Å². The summed E-state index contributed by atoms with van der Waals surface area (Å²) >= 11 is 0. The summed E-state index contributed by atoms with van der Waals surface area (Å²) in [5.41, 5.74) is 0. The molecule has 0 amide bonds. The van der Waals surface area contributed by atoms with E-state index in [0.717, 1.165) is 5.76 Å². The minimum atomic E-state index is -3.42. The van der Waals surface area contributed by atoms with Crippen molar-refractivity contribution in [2.75, 3.05) is 14.1 Å². The number of nitrogens with zero attached hydrogens (tertiary/aromatic N) is 2. The van der Waals surface area contributed by atoms with E-state index < -0.39 is 10.0 Å². The van der Waals surface area contributed by atoms with Crippen molar-refractivity contribution in [2.45, 2.75) is 31.3 Å². The number of hydrogen-bond acceptors (Lipinski definition) is 5. The lowest BCUT2D eigenvalue weighted by atomic mass is 10.2. The summed E-state index contributed by atoms with van der Waals surface area (Å²) in [5.74, 6) is 2.14. The summed E-state index contributed by atoms with van der Waals surface area (Å²) in [4.78, 5) is 4.36. The Morgan fingerprint density at radius 3 is 2.36 bits per heavy atom. The Labute approximate surface area is 130 Å². The molecule has 0 aliphatic heterocycles. The van der Waals surface area contributed by atoms with Gasteiger partial charge in [-0.05, 0) is 24.3 Å². The molecule has 0 unspecified atom stereocenters. The lowest BCUT2D eigenvalue weighted by Gasteiger charge is -2.11. The van der Waals surface area contributed by atoms with E-state index in [0.29, 0.717) is 11.6 Å². The summed E-state index contributed by atoms with van der Waals surface area (Å²) in [6.07, 6.45) is 1.69. The first-order chi connectivity index (χ1) is 10.3. The van der Waals surface area contributed by atoms with Crippen molar-refractivity contribution in [3.8, 4) is 5.75 Å². The lowest BCUT2D eigenvalue weighted by Crippen LogP contribution is -2.22. The van der Waals surface area contributed by atoms with E-state index in [-0.39, 0.29) is 17.4 Å². The zero-order valence-electron chi connectivity index (χ0n) is 13.1. The first-order valence-electron chi connectivity index (χ1n) is 6.90. The monoisotopic (exact) mass is 324 g/mol. The highest BCUT2D eigenvalue weighted by atomic mass is 32.2. The third-order valence-electron chi connectivity index (χ3n) is 3.11. The zero-order chi connectivity index (χ0) is 16.3. The third-order valence-corrected chi connectivity index (χ3v) is 4.93. The van der Waals surface area contributed by atoms with Gasteiger partial charge >= 0.3 is 0 Å². The number of ether oxygens (including phenoxy) is 1. The Kier molecular flexibility index (Phi) is 4.87. The molecule has 1 aromatic heterocycles. The van der Waals surface area contributed by atoms with Gasteiger partial charge in [0.1, 0.15) is 11.5 Å². The predicted molar refractivity (Wildman–Crippen MR) is 82.2 cm³/mol. The van der Waals surface area contributed by atoms with Crippen LogP contribution < -0.4 is 4.74 Å². The molecular formula is C15H20N2O4S. The quantitative estimate of drug-likeness (QED) is 0.817. The second kappa shape index (κ2) is 6.50. The van der Waals surface area contributed by atoms with Crippen molar-refractivity contribution in [1.82, 2.24) is 9.29 Å². The van der Waals surface area contributed by atoms with Crippen molar-refractivity contribution >= 4 is 10.0 Å². The van der Waals surface area contributed by atoms with Crippen LogP contribution in [0.3, 0.4) is 0 Å². The molecule has 0 bridgehead atoms. The smallest absolute Gasteiger partial charge is 0.242 e. The van der Waals surface area contributed by atoms with Gasteiger partial charge in [0.25, 0.3) is 0 Å². The molecule has 0 spiro atoms. The minimum Gasteiger partial charge on any atom is -0.484 e. The molecule has 0 aliphatic rings. The fraction of sp³-hybridized carbons (Fsp3) is 0.400. The second-order valence-electron chi connectivity index (χ2n) is 5.36. The van der Waals surface area contributed by atoms with E-state index in [1.165, 1.54) is 30.5 Å². The summed E-state index contributed by atoms with van der Waals surface area (Å²) in [6.45, 7) is 4.25. The maximum atomic E-state index is 11.9. The summed E-state index contributed by atoms with van der Waals surface area (Å²) < 4.78 is 36.2. The van der Waals surface area contributed by atoms with Gasteiger partial charge in [0.2, 0.25) is 15.9 Å². The Morgan fingerprint density at radius 1 is 1.23 bits per heavy atom. The van der Waals surface area contributed by atoms with Gasteiger partial charge in [0.05, 0.1) is 11.1 Å². The van der Waals surface area contributed by atoms with Gasteiger partial charge in [0.15, 0.2) is 6.61 Å². The van der Waals surface area contributed by atoms with E-state index in [4.69, 9.17) is 9.15 Å². The van der Waals surface area contributed by atoms with Gasteiger partial charge in [-0.25, -0.2) is 17.7 Å². The molecule has 7 heteroatoms. The van der Waals surface area contributed by atoms with Gasteiger partial charge in [-0.1, -0.05) is 13.8 Å². The Morgan fingerprint density at radius 2 is 1.86 bits per heavy atom. The number of sulfonamides is 1. The first kappa shape index (κ1) is 16.5. The average molecular weight is 324 g/mol. The van der Waals surface area contributed by atoms with E-state index in [2.05, 4.69) is 4.98 Å². The van der Waals surface area contributed by atoms with Crippen molar-refractivity contribution in [2.24, 2.45) is 0 Å². The van der Waals surface area contributed by atoms with Gasteiger partial charge in [-0.3, -0.25) is 0 Å². The number of benzene rings is 1. The molecule has 0 radical (unpaired) electrons. The fourth-order valence-electron chi connectivity index (χ4n) is 1.72. The van der Waals surface area contributed by atoms with Crippen molar-refractivity contribution in [1.29, 1.82) is 0 Å². The molecule has 6 nitrogen and oxygen atoms in total. The highest BCUT2D eigenvalue weighted by Gasteiger charge is 2.16. The van der Waals surface area contributed by atoms with Gasteiger partial charge < -0.3 is 9.15 Å². The van der Waals surface area contributed by atoms with Gasteiger partial charge in [-0.2, -0.15) is 0 Å². The highest BCUT2D eigenvalue weighted by molar-refractivity contribution is 7.89. The normalized spacial score (nSPS) is 12.1. The largest absolute Gasteiger partial charge is 0.484 e. The second-order valence-corrected chi connectivity index (χ2v) is 7.51. The first-order valence-corrected chi connectivity index (χ1v) is 8.34. The SMILES string of the molecule is CC(C)c1cnc(COc2ccc(S(=O)(=O)N(C)C)cc2)o1. The van der Waals surface area contributed by atoms with Crippen LogP contribution in [-0.4, -0.2) is 31.8 Å². The van der Waals surface area contributed by atoms with Crippen LogP contribution in [0.2, 0.25) is 0 Å². The molecule has 1 aromatic carbocycles. The van der Waals surface area contributed by atoms with Crippen LogP contribution in [0.15, 0.2) is 39.8 Å². The van der Waals surface area contributed by atoms with Crippen LogP contribution in [0.5, 0.6) is 5.75 Å². The summed E-state index contributed by atoms with van der Waals surface area (Å²) in [5, 5.41) is 0. The molecule has 120 valence electrons. The van der Waals surface area contributed by atoms with E-state index in [1.807, 2.05) is 13.8 Å². The highest BCUT2D eigenvalue weighted by Crippen LogP contribution is 2.20. The Hall–Kier alpha value is -1.86.